The van der Waals surface area contributed by atoms with E-state index in [0.29, 0.717) is 12.1 Å². The number of likely N-dealkylation sites (N-methyl/N-ethyl adjacent to an activating group) is 1. The van der Waals surface area contributed by atoms with Gasteiger partial charge in [-0.2, -0.15) is 0 Å². The fraction of sp³-hybridized carbons (Fsp3) is 0.600. The molecule has 3 heteroatoms. The number of fused-ring (bicyclic) bond motifs is 1. The number of hydrogen-bond acceptors (Lipinski definition) is 2. The number of aryl methyl sites for hydroxylation is 1. The molecule has 1 aliphatic heterocycles. The molecule has 1 N–H and O–H groups in total. The number of benzene rings is 1. The highest BCUT2D eigenvalue weighted by atomic mass is 35.5. The van der Waals surface area contributed by atoms with Crippen molar-refractivity contribution in [1.82, 2.24) is 10.2 Å². The van der Waals surface area contributed by atoms with Crippen LogP contribution in [0.1, 0.15) is 36.4 Å². The van der Waals surface area contributed by atoms with Crippen LogP contribution < -0.4 is 5.32 Å². The van der Waals surface area contributed by atoms with Crippen molar-refractivity contribution < 1.29 is 0 Å². The van der Waals surface area contributed by atoms with Gasteiger partial charge in [-0.05, 0) is 62.5 Å². The number of rotatable bonds is 2. The first-order valence-electron chi connectivity index (χ1n) is 6.95. The standard InChI is InChI=1S/C15H21ClN2/c1-18-8-2-3-13(10-18)17-15-7-4-11-9-12(16)5-6-14(11)15/h5-6,9,13,15,17H,2-4,7-8,10H2,1H3. The minimum atomic E-state index is 0.536. The van der Waals surface area contributed by atoms with Crippen LogP contribution in [0.25, 0.3) is 0 Å². The molecule has 1 heterocycles. The van der Waals surface area contributed by atoms with Gasteiger partial charge in [0.1, 0.15) is 0 Å². The summed E-state index contributed by atoms with van der Waals surface area (Å²) in [5.74, 6) is 0. The van der Waals surface area contributed by atoms with Crippen molar-refractivity contribution in [3.05, 3.63) is 34.3 Å². The normalized spacial score (nSPS) is 28.3. The first kappa shape index (κ1) is 12.5. The van der Waals surface area contributed by atoms with Gasteiger partial charge in [0.15, 0.2) is 0 Å². The molecule has 0 saturated carbocycles. The van der Waals surface area contributed by atoms with Gasteiger partial charge in [0.25, 0.3) is 0 Å². The molecule has 0 spiro atoms. The molecule has 3 rings (SSSR count). The van der Waals surface area contributed by atoms with Crippen LogP contribution in [0, 0.1) is 0 Å². The highest BCUT2D eigenvalue weighted by Crippen LogP contribution is 2.33. The van der Waals surface area contributed by atoms with Gasteiger partial charge in [0.05, 0.1) is 0 Å². The second-order valence-corrected chi connectivity index (χ2v) is 6.14. The lowest BCUT2D eigenvalue weighted by atomic mass is 10.0. The van der Waals surface area contributed by atoms with E-state index in [1.165, 1.54) is 43.5 Å². The molecule has 1 aromatic carbocycles. The molecule has 18 heavy (non-hydrogen) atoms. The highest BCUT2D eigenvalue weighted by Gasteiger charge is 2.26. The van der Waals surface area contributed by atoms with Crippen LogP contribution >= 0.6 is 11.6 Å². The van der Waals surface area contributed by atoms with Gasteiger partial charge in [-0.1, -0.05) is 17.7 Å². The summed E-state index contributed by atoms with van der Waals surface area (Å²) in [4.78, 5) is 2.43. The number of nitrogens with zero attached hydrogens (tertiary/aromatic N) is 1. The Morgan fingerprint density at radius 3 is 3.06 bits per heavy atom. The third kappa shape index (κ3) is 2.56. The molecular weight excluding hydrogens is 244 g/mol. The van der Waals surface area contributed by atoms with Crippen molar-refractivity contribution in [3.63, 3.8) is 0 Å². The summed E-state index contributed by atoms with van der Waals surface area (Å²) in [6.07, 6.45) is 5.00. The minimum Gasteiger partial charge on any atom is -0.306 e. The third-order valence-corrected chi connectivity index (χ3v) is 4.48. The smallest absolute Gasteiger partial charge is 0.0408 e. The van der Waals surface area contributed by atoms with Crippen LogP contribution in [0.15, 0.2) is 18.2 Å². The predicted molar refractivity (Wildman–Crippen MR) is 76.2 cm³/mol. The molecule has 2 atom stereocenters. The Labute approximate surface area is 114 Å². The highest BCUT2D eigenvalue weighted by molar-refractivity contribution is 6.30. The van der Waals surface area contributed by atoms with E-state index in [0.717, 1.165) is 11.4 Å². The molecule has 0 radical (unpaired) electrons. The van der Waals surface area contributed by atoms with Gasteiger partial charge in [0.2, 0.25) is 0 Å². The first-order valence-corrected chi connectivity index (χ1v) is 7.33. The summed E-state index contributed by atoms with van der Waals surface area (Å²) in [5.41, 5.74) is 2.90. The minimum absolute atomic E-state index is 0.536. The van der Waals surface area contributed by atoms with Crippen LogP contribution in [0.3, 0.4) is 0 Å². The van der Waals surface area contributed by atoms with Crippen molar-refractivity contribution in [1.29, 1.82) is 0 Å². The average molecular weight is 265 g/mol. The fourth-order valence-corrected chi connectivity index (χ4v) is 3.54. The van der Waals surface area contributed by atoms with E-state index in [1.807, 2.05) is 6.07 Å². The lowest BCUT2D eigenvalue weighted by molar-refractivity contribution is 0.216. The van der Waals surface area contributed by atoms with Gasteiger partial charge in [-0.25, -0.2) is 0 Å². The number of nitrogens with one attached hydrogen (secondary N) is 1. The van der Waals surface area contributed by atoms with E-state index >= 15 is 0 Å². The largest absolute Gasteiger partial charge is 0.306 e. The summed E-state index contributed by atoms with van der Waals surface area (Å²) < 4.78 is 0. The zero-order valence-corrected chi connectivity index (χ0v) is 11.7. The van der Waals surface area contributed by atoms with Crippen LogP contribution in [-0.4, -0.2) is 31.1 Å². The maximum atomic E-state index is 6.05. The molecule has 0 amide bonds. The van der Waals surface area contributed by atoms with Crippen molar-refractivity contribution >= 4 is 11.6 Å². The van der Waals surface area contributed by atoms with Gasteiger partial charge in [0, 0.05) is 23.7 Å². The van der Waals surface area contributed by atoms with Crippen molar-refractivity contribution in [2.24, 2.45) is 0 Å². The lowest BCUT2D eigenvalue weighted by Crippen LogP contribution is -2.44. The molecule has 2 nitrogen and oxygen atoms in total. The SMILES string of the molecule is CN1CCCC(NC2CCc3cc(Cl)ccc32)C1. The summed E-state index contributed by atoms with van der Waals surface area (Å²) in [6.45, 7) is 2.43. The Morgan fingerprint density at radius 1 is 1.33 bits per heavy atom. The molecule has 0 bridgehead atoms. The zero-order chi connectivity index (χ0) is 12.5. The van der Waals surface area contributed by atoms with E-state index in [2.05, 4.69) is 29.4 Å². The lowest BCUT2D eigenvalue weighted by Gasteiger charge is -2.32. The Kier molecular flexibility index (Phi) is 3.60. The maximum Gasteiger partial charge on any atom is 0.0408 e. The second-order valence-electron chi connectivity index (χ2n) is 5.70. The van der Waals surface area contributed by atoms with Crippen LogP contribution in [0.2, 0.25) is 5.02 Å². The molecule has 98 valence electrons. The molecule has 1 aromatic rings. The number of hydrogen-bond donors (Lipinski definition) is 1. The van der Waals surface area contributed by atoms with Crippen molar-refractivity contribution in [2.75, 3.05) is 20.1 Å². The quantitative estimate of drug-likeness (QED) is 0.883. The predicted octanol–water partition coefficient (Wildman–Crippen LogP) is 3.01. The summed E-state index contributed by atoms with van der Waals surface area (Å²) in [6, 6.07) is 7.54. The second kappa shape index (κ2) is 5.20. The number of likely N-dealkylation sites (tertiary alicyclic amines) is 1. The maximum absolute atomic E-state index is 6.05. The van der Waals surface area contributed by atoms with Gasteiger partial charge in [-0.15, -0.1) is 0 Å². The molecule has 1 saturated heterocycles. The number of halogens is 1. The van der Waals surface area contributed by atoms with E-state index < -0.39 is 0 Å². The Balaban J connectivity index is 1.69. The first-order chi connectivity index (χ1) is 8.72. The molecule has 1 fully saturated rings. The summed E-state index contributed by atoms with van der Waals surface area (Å²) in [7, 11) is 2.22. The fourth-order valence-electron chi connectivity index (χ4n) is 3.35. The molecule has 2 aliphatic rings. The van der Waals surface area contributed by atoms with Crippen LogP contribution in [0.5, 0.6) is 0 Å². The monoisotopic (exact) mass is 264 g/mol. The van der Waals surface area contributed by atoms with Gasteiger partial charge < -0.3 is 10.2 Å². The van der Waals surface area contributed by atoms with E-state index in [9.17, 15) is 0 Å². The molecule has 2 unspecified atom stereocenters. The zero-order valence-electron chi connectivity index (χ0n) is 11.0. The van der Waals surface area contributed by atoms with Crippen LogP contribution in [0.4, 0.5) is 0 Å². The number of piperidine rings is 1. The Hall–Kier alpha value is -0.570. The van der Waals surface area contributed by atoms with E-state index in [-0.39, 0.29) is 0 Å². The van der Waals surface area contributed by atoms with Gasteiger partial charge in [-0.3, -0.25) is 0 Å². The molecule has 0 aromatic heterocycles. The third-order valence-electron chi connectivity index (χ3n) is 4.24. The Morgan fingerprint density at radius 2 is 2.22 bits per heavy atom. The Bertz CT molecular complexity index is 433. The average Bonchev–Trinajstić information content (AvgIpc) is 2.72. The van der Waals surface area contributed by atoms with E-state index in [1.54, 1.807) is 0 Å². The topological polar surface area (TPSA) is 15.3 Å². The van der Waals surface area contributed by atoms with Crippen molar-refractivity contribution in [2.45, 2.75) is 37.8 Å². The summed E-state index contributed by atoms with van der Waals surface area (Å²) in [5, 5.41) is 4.71. The summed E-state index contributed by atoms with van der Waals surface area (Å²) >= 11 is 6.05. The van der Waals surface area contributed by atoms with Crippen LogP contribution in [-0.2, 0) is 6.42 Å². The van der Waals surface area contributed by atoms with E-state index in [4.69, 9.17) is 11.6 Å². The molecule has 1 aliphatic carbocycles. The van der Waals surface area contributed by atoms with Crippen molar-refractivity contribution in [3.8, 4) is 0 Å². The molecular formula is C15H21ClN2. The van der Waals surface area contributed by atoms with Gasteiger partial charge >= 0.3 is 0 Å².